The van der Waals surface area contributed by atoms with E-state index in [0.29, 0.717) is 0 Å². The average molecular weight is 373 g/mol. The van der Waals surface area contributed by atoms with Crippen molar-refractivity contribution >= 4 is 15.9 Å². The zero-order valence-corrected chi connectivity index (χ0v) is 14.1. The number of nitrogens with zero attached hydrogens (tertiary/aromatic N) is 2. The molecule has 23 heavy (non-hydrogen) atoms. The summed E-state index contributed by atoms with van der Waals surface area (Å²) in [6, 6.07) is 14.3. The van der Waals surface area contributed by atoms with Crippen LogP contribution in [0.3, 0.4) is 0 Å². The van der Waals surface area contributed by atoms with Gasteiger partial charge in [-0.05, 0) is 36.4 Å². The van der Waals surface area contributed by atoms with E-state index in [4.69, 9.17) is 9.15 Å². The van der Waals surface area contributed by atoms with Crippen molar-refractivity contribution in [3.63, 3.8) is 0 Å². The van der Waals surface area contributed by atoms with Gasteiger partial charge in [-0.2, -0.15) is 0 Å². The molecule has 4 nitrogen and oxygen atoms in total. The minimum absolute atomic E-state index is 0.0199. The molecule has 1 aliphatic rings. The summed E-state index contributed by atoms with van der Waals surface area (Å²) >= 11 is 3.52. The molecule has 4 rings (SSSR count). The van der Waals surface area contributed by atoms with Crippen molar-refractivity contribution in [1.82, 2.24) is 9.47 Å². The molecule has 0 saturated carbocycles. The SMILES string of the molecule is Brc1cccc(-n2ccc(C3OCCN3Cc3ccco3)c2)c1. The summed E-state index contributed by atoms with van der Waals surface area (Å²) in [7, 11) is 0. The molecule has 0 bridgehead atoms. The fourth-order valence-corrected chi connectivity index (χ4v) is 3.32. The Balaban J connectivity index is 1.55. The highest BCUT2D eigenvalue weighted by atomic mass is 79.9. The molecule has 0 spiro atoms. The maximum atomic E-state index is 5.93. The Bertz CT molecular complexity index is 782. The van der Waals surface area contributed by atoms with Gasteiger partial charge in [0.25, 0.3) is 0 Å². The lowest BCUT2D eigenvalue weighted by Gasteiger charge is -2.21. The zero-order chi connectivity index (χ0) is 15.6. The molecule has 1 atom stereocenters. The maximum absolute atomic E-state index is 5.93. The van der Waals surface area contributed by atoms with Crippen LogP contribution in [0.5, 0.6) is 0 Å². The van der Waals surface area contributed by atoms with Crippen LogP contribution in [-0.2, 0) is 11.3 Å². The monoisotopic (exact) mass is 372 g/mol. The second kappa shape index (κ2) is 6.35. The molecule has 5 heteroatoms. The van der Waals surface area contributed by atoms with Gasteiger partial charge in [0, 0.05) is 34.7 Å². The predicted octanol–water partition coefficient (Wildman–Crippen LogP) is 4.36. The van der Waals surface area contributed by atoms with Crippen molar-refractivity contribution in [3.05, 3.63) is 76.9 Å². The Morgan fingerprint density at radius 1 is 1.17 bits per heavy atom. The van der Waals surface area contributed by atoms with Crippen LogP contribution in [0.15, 0.2) is 70.0 Å². The summed E-state index contributed by atoms with van der Waals surface area (Å²) in [4.78, 5) is 2.29. The van der Waals surface area contributed by atoms with Crippen LogP contribution >= 0.6 is 15.9 Å². The number of halogens is 1. The standard InChI is InChI=1S/C18H17BrN2O2/c19-15-3-1-4-16(11-15)20-7-6-14(12-20)18-21(8-10-23-18)13-17-5-2-9-22-17/h1-7,9,11-12,18H,8,10,13H2. The number of hydrogen-bond donors (Lipinski definition) is 0. The highest BCUT2D eigenvalue weighted by molar-refractivity contribution is 9.10. The summed E-state index contributed by atoms with van der Waals surface area (Å²) in [5.74, 6) is 0.965. The first-order valence-electron chi connectivity index (χ1n) is 7.61. The number of rotatable bonds is 4. The van der Waals surface area contributed by atoms with Crippen LogP contribution in [0.2, 0.25) is 0 Å². The van der Waals surface area contributed by atoms with Gasteiger partial charge in [0.05, 0.1) is 19.4 Å². The summed E-state index contributed by atoms with van der Waals surface area (Å²) in [5.41, 5.74) is 2.29. The lowest BCUT2D eigenvalue weighted by atomic mass is 10.2. The van der Waals surface area contributed by atoms with E-state index in [9.17, 15) is 0 Å². The molecule has 0 N–H and O–H groups in total. The van der Waals surface area contributed by atoms with Gasteiger partial charge in [-0.1, -0.05) is 22.0 Å². The van der Waals surface area contributed by atoms with Gasteiger partial charge < -0.3 is 13.7 Å². The fourth-order valence-electron chi connectivity index (χ4n) is 2.93. The molecule has 0 aliphatic carbocycles. The molecule has 2 aromatic heterocycles. The van der Waals surface area contributed by atoms with Crippen molar-refractivity contribution < 1.29 is 9.15 Å². The number of benzene rings is 1. The van der Waals surface area contributed by atoms with Gasteiger partial charge in [-0.15, -0.1) is 0 Å². The maximum Gasteiger partial charge on any atom is 0.138 e. The molecule has 3 heterocycles. The van der Waals surface area contributed by atoms with Crippen LogP contribution < -0.4 is 0 Å². The molecule has 1 fully saturated rings. The van der Waals surface area contributed by atoms with E-state index in [1.165, 1.54) is 0 Å². The Morgan fingerprint density at radius 3 is 2.96 bits per heavy atom. The van der Waals surface area contributed by atoms with E-state index in [2.05, 4.69) is 56.0 Å². The summed E-state index contributed by atoms with van der Waals surface area (Å²) in [6.07, 6.45) is 5.90. The molecule has 1 unspecified atom stereocenters. The number of ether oxygens (including phenoxy) is 1. The van der Waals surface area contributed by atoms with Crippen LogP contribution in [0.25, 0.3) is 5.69 Å². The van der Waals surface area contributed by atoms with E-state index in [1.54, 1.807) is 6.26 Å². The third-order valence-electron chi connectivity index (χ3n) is 4.03. The summed E-state index contributed by atoms with van der Waals surface area (Å²) < 4.78 is 14.6. The smallest absolute Gasteiger partial charge is 0.138 e. The van der Waals surface area contributed by atoms with E-state index in [1.807, 2.05) is 24.3 Å². The van der Waals surface area contributed by atoms with E-state index in [0.717, 1.165) is 41.2 Å². The van der Waals surface area contributed by atoms with Crippen LogP contribution in [0, 0.1) is 0 Å². The zero-order valence-electron chi connectivity index (χ0n) is 12.6. The second-order valence-corrected chi connectivity index (χ2v) is 6.52. The molecule has 118 valence electrons. The number of hydrogen-bond acceptors (Lipinski definition) is 3. The van der Waals surface area contributed by atoms with Gasteiger partial charge in [0.2, 0.25) is 0 Å². The summed E-state index contributed by atoms with van der Waals surface area (Å²) in [6.45, 7) is 2.42. The third kappa shape index (κ3) is 3.13. The van der Waals surface area contributed by atoms with E-state index in [-0.39, 0.29) is 6.23 Å². The van der Waals surface area contributed by atoms with Crippen LogP contribution in [0.1, 0.15) is 17.6 Å². The Hall–Kier alpha value is -1.82. The van der Waals surface area contributed by atoms with E-state index >= 15 is 0 Å². The second-order valence-electron chi connectivity index (χ2n) is 5.60. The minimum atomic E-state index is -0.0199. The largest absolute Gasteiger partial charge is 0.468 e. The van der Waals surface area contributed by atoms with Gasteiger partial charge >= 0.3 is 0 Å². The van der Waals surface area contributed by atoms with Gasteiger partial charge in [0.1, 0.15) is 12.0 Å². The van der Waals surface area contributed by atoms with Crippen LogP contribution in [-0.4, -0.2) is 22.6 Å². The van der Waals surface area contributed by atoms with Crippen molar-refractivity contribution in [1.29, 1.82) is 0 Å². The van der Waals surface area contributed by atoms with Gasteiger partial charge in [0.15, 0.2) is 0 Å². The quantitative estimate of drug-likeness (QED) is 0.681. The first-order chi connectivity index (χ1) is 11.3. The molecule has 1 aliphatic heterocycles. The van der Waals surface area contributed by atoms with Crippen molar-refractivity contribution in [2.75, 3.05) is 13.2 Å². The minimum Gasteiger partial charge on any atom is -0.468 e. The average Bonchev–Trinajstić information content (AvgIpc) is 3.29. The first-order valence-corrected chi connectivity index (χ1v) is 8.41. The van der Waals surface area contributed by atoms with Crippen molar-refractivity contribution in [2.45, 2.75) is 12.8 Å². The first kappa shape index (κ1) is 14.8. The molecule has 0 amide bonds. The Kier molecular flexibility index (Phi) is 4.08. The van der Waals surface area contributed by atoms with Gasteiger partial charge in [-0.3, -0.25) is 4.90 Å². The Morgan fingerprint density at radius 2 is 2.13 bits per heavy atom. The molecular weight excluding hydrogens is 356 g/mol. The Labute approximate surface area is 143 Å². The van der Waals surface area contributed by atoms with Crippen LogP contribution in [0.4, 0.5) is 0 Å². The topological polar surface area (TPSA) is 30.5 Å². The van der Waals surface area contributed by atoms with E-state index < -0.39 is 0 Å². The third-order valence-corrected chi connectivity index (χ3v) is 4.53. The lowest BCUT2D eigenvalue weighted by Crippen LogP contribution is -2.22. The summed E-state index contributed by atoms with van der Waals surface area (Å²) in [5, 5.41) is 0. The highest BCUT2D eigenvalue weighted by Gasteiger charge is 2.28. The highest BCUT2D eigenvalue weighted by Crippen LogP contribution is 2.29. The fraction of sp³-hybridized carbons (Fsp3) is 0.222. The normalized spacial score (nSPS) is 18.6. The lowest BCUT2D eigenvalue weighted by molar-refractivity contribution is 0.0258. The molecule has 3 aromatic rings. The van der Waals surface area contributed by atoms with Crippen molar-refractivity contribution in [2.24, 2.45) is 0 Å². The predicted molar refractivity (Wildman–Crippen MR) is 91.3 cm³/mol. The molecule has 1 aromatic carbocycles. The molecule has 1 saturated heterocycles. The van der Waals surface area contributed by atoms with Gasteiger partial charge in [-0.25, -0.2) is 0 Å². The number of aromatic nitrogens is 1. The van der Waals surface area contributed by atoms with Crippen molar-refractivity contribution in [3.8, 4) is 5.69 Å². The number of furan rings is 1. The molecule has 0 radical (unpaired) electrons. The molecular formula is C18H17BrN2O2.